The Morgan fingerprint density at radius 3 is 3.00 bits per heavy atom. The maximum Gasteiger partial charge on any atom is 0.329 e. The first-order chi connectivity index (χ1) is 6.59. The van der Waals surface area contributed by atoms with E-state index in [9.17, 15) is 14.9 Å². The van der Waals surface area contributed by atoms with Gasteiger partial charge < -0.3 is 10.0 Å². The van der Waals surface area contributed by atoms with Crippen LogP contribution >= 0.6 is 0 Å². The number of nitro groups is 1. The third kappa shape index (κ3) is 3.02. The van der Waals surface area contributed by atoms with Crippen molar-refractivity contribution in [2.45, 2.75) is 6.17 Å². The van der Waals surface area contributed by atoms with Gasteiger partial charge in [-0.1, -0.05) is 0 Å². The summed E-state index contributed by atoms with van der Waals surface area (Å²) in [6, 6.07) is 0. The Bertz CT molecular complexity index is 266. The van der Waals surface area contributed by atoms with Gasteiger partial charge in [-0.2, -0.15) is 0 Å². The maximum atomic E-state index is 10.4. The van der Waals surface area contributed by atoms with E-state index < -0.39 is 17.1 Å². The molecule has 7 nitrogen and oxygen atoms in total. The summed E-state index contributed by atoms with van der Waals surface area (Å²) in [6.07, 6.45) is 1.52. The zero-order valence-electron chi connectivity index (χ0n) is 7.42. The van der Waals surface area contributed by atoms with Gasteiger partial charge >= 0.3 is 5.97 Å². The number of hydrogen-bond donors (Lipinski definition) is 2. The van der Waals surface area contributed by atoms with E-state index in [0.717, 1.165) is 6.08 Å². The molecule has 0 radical (unpaired) electrons. The molecule has 0 bridgehead atoms. The highest BCUT2D eigenvalue weighted by Crippen LogP contribution is 2.00. The fourth-order valence-electron chi connectivity index (χ4n) is 1.20. The van der Waals surface area contributed by atoms with Crippen LogP contribution in [0.15, 0.2) is 12.3 Å². The first-order valence-electron chi connectivity index (χ1n) is 4.11. The summed E-state index contributed by atoms with van der Waals surface area (Å²) in [6.45, 7) is 1.25. The molecule has 2 N–H and O–H groups in total. The van der Waals surface area contributed by atoms with Crippen molar-refractivity contribution < 1.29 is 14.8 Å². The first-order valence-corrected chi connectivity index (χ1v) is 4.11. The summed E-state index contributed by atoms with van der Waals surface area (Å²) in [4.78, 5) is 21.8. The molecule has 0 saturated carbocycles. The fraction of sp³-hybridized carbons (Fsp3) is 0.571. The lowest BCUT2D eigenvalue weighted by Gasteiger charge is -2.27. The van der Waals surface area contributed by atoms with Crippen LogP contribution in [0.1, 0.15) is 0 Å². The van der Waals surface area contributed by atoms with E-state index in [0.29, 0.717) is 13.1 Å². The molecule has 78 valence electrons. The van der Waals surface area contributed by atoms with Crippen molar-refractivity contribution in [3.8, 4) is 0 Å². The van der Waals surface area contributed by atoms with Crippen LogP contribution in [-0.4, -0.2) is 46.7 Å². The molecule has 0 aromatic rings. The van der Waals surface area contributed by atoms with Crippen molar-refractivity contribution in [2.75, 3.05) is 19.6 Å². The number of hydrogen-bond acceptors (Lipinski definition) is 5. The Labute approximate surface area is 80.2 Å². The zero-order valence-corrected chi connectivity index (χ0v) is 7.42. The number of piperazine rings is 1. The maximum absolute atomic E-state index is 10.4. The molecule has 1 aliphatic heterocycles. The van der Waals surface area contributed by atoms with Gasteiger partial charge in [0, 0.05) is 30.3 Å². The topological polar surface area (TPSA) is 95.7 Å². The standard InChI is InChI=1S/C7H11N3O4/c11-7(12)1-3-9-4-2-8-6(5-9)10(13)14/h1,3,6,8H,2,4-5H2,(H,11,12)/b3-1+. The molecule has 0 aromatic carbocycles. The molecule has 1 fully saturated rings. The van der Waals surface area contributed by atoms with Crippen LogP contribution < -0.4 is 5.32 Å². The lowest BCUT2D eigenvalue weighted by atomic mass is 10.3. The number of carboxylic acids is 1. The highest BCUT2D eigenvalue weighted by molar-refractivity contribution is 5.79. The van der Waals surface area contributed by atoms with E-state index in [-0.39, 0.29) is 6.54 Å². The van der Waals surface area contributed by atoms with Crippen LogP contribution in [0, 0.1) is 10.1 Å². The predicted molar refractivity (Wildman–Crippen MR) is 47.1 cm³/mol. The van der Waals surface area contributed by atoms with Crippen LogP contribution in [0.4, 0.5) is 0 Å². The minimum Gasteiger partial charge on any atom is -0.478 e. The van der Waals surface area contributed by atoms with Crippen LogP contribution in [0.5, 0.6) is 0 Å². The molecule has 1 aliphatic rings. The molecule has 0 aliphatic carbocycles. The second kappa shape index (κ2) is 4.56. The van der Waals surface area contributed by atoms with Gasteiger partial charge in [0.2, 0.25) is 0 Å². The van der Waals surface area contributed by atoms with E-state index in [2.05, 4.69) is 5.32 Å². The molecule has 1 unspecified atom stereocenters. The van der Waals surface area contributed by atoms with Crippen molar-refractivity contribution in [3.63, 3.8) is 0 Å². The fourth-order valence-corrected chi connectivity index (χ4v) is 1.20. The molecule has 1 saturated heterocycles. The van der Waals surface area contributed by atoms with E-state index in [1.807, 2.05) is 0 Å². The average Bonchev–Trinajstić information content (AvgIpc) is 2.15. The van der Waals surface area contributed by atoms with E-state index in [1.165, 1.54) is 6.20 Å². The highest BCUT2D eigenvalue weighted by atomic mass is 16.6. The first kappa shape index (κ1) is 10.5. The number of rotatable bonds is 3. The molecule has 14 heavy (non-hydrogen) atoms. The van der Waals surface area contributed by atoms with Gasteiger partial charge in [-0.05, 0) is 0 Å². The number of nitrogens with zero attached hydrogens (tertiary/aromatic N) is 2. The van der Waals surface area contributed by atoms with E-state index in [1.54, 1.807) is 4.90 Å². The van der Waals surface area contributed by atoms with Gasteiger partial charge in [-0.25, -0.2) is 4.79 Å². The lowest BCUT2D eigenvalue weighted by molar-refractivity contribution is -0.531. The Balaban J connectivity index is 2.48. The lowest BCUT2D eigenvalue weighted by Crippen LogP contribution is -2.52. The molecule has 1 heterocycles. The summed E-state index contributed by atoms with van der Waals surface area (Å²) in [5, 5.41) is 21.5. The van der Waals surface area contributed by atoms with Crippen LogP contribution in [0.2, 0.25) is 0 Å². The molecule has 0 spiro atoms. The van der Waals surface area contributed by atoms with Crippen LogP contribution in [-0.2, 0) is 4.79 Å². The summed E-state index contributed by atoms with van der Waals surface area (Å²) < 4.78 is 0. The summed E-state index contributed by atoms with van der Waals surface area (Å²) >= 11 is 0. The number of nitrogens with one attached hydrogen (secondary N) is 1. The Morgan fingerprint density at radius 1 is 1.71 bits per heavy atom. The average molecular weight is 201 g/mol. The molecule has 7 heteroatoms. The Morgan fingerprint density at radius 2 is 2.43 bits per heavy atom. The number of carbonyl (C=O) groups is 1. The minimum atomic E-state index is -1.05. The van der Waals surface area contributed by atoms with Gasteiger partial charge in [0.1, 0.15) is 0 Å². The molecule has 0 aromatic heterocycles. The van der Waals surface area contributed by atoms with E-state index in [4.69, 9.17) is 5.11 Å². The summed E-state index contributed by atoms with van der Waals surface area (Å²) in [7, 11) is 0. The van der Waals surface area contributed by atoms with Gasteiger partial charge in [-0.3, -0.25) is 15.4 Å². The van der Waals surface area contributed by atoms with Crippen molar-refractivity contribution in [3.05, 3.63) is 22.4 Å². The van der Waals surface area contributed by atoms with Gasteiger partial charge in [0.25, 0.3) is 6.17 Å². The second-order valence-electron chi connectivity index (χ2n) is 2.90. The Kier molecular flexibility index (Phi) is 3.41. The summed E-state index contributed by atoms with van der Waals surface area (Å²) in [5.74, 6) is -1.05. The third-order valence-corrected chi connectivity index (χ3v) is 1.87. The number of carboxylic acid groups (broad SMARTS) is 1. The molecule has 0 amide bonds. The molecule has 1 atom stereocenters. The second-order valence-corrected chi connectivity index (χ2v) is 2.90. The largest absolute Gasteiger partial charge is 0.478 e. The van der Waals surface area contributed by atoms with E-state index >= 15 is 0 Å². The molecule has 1 rings (SSSR count). The van der Waals surface area contributed by atoms with Crippen LogP contribution in [0.25, 0.3) is 0 Å². The minimum absolute atomic E-state index is 0.191. The quantitative estimate of drug-likeness (QED) is 0.349. The van der Waals surface area contributed by atoms with Crippen molar-refractivity contribution in [1.82, 2.24) is 10.2 Å². The van der Waals surface area contributed by atoms with Gasteiger partial charge in [0.15, 0.2) is 0 Å². The monoisotopic (exact) mass is 201 g/mol. The van der Waals surface area contributed by atoms with Crippen molar-refractivity contribution >= 4 is 5.97 Å². The van der Waals surface area contributed by atoms with Gasteiger partial charge in [0.05, 0.1) is 6.54 Å². The SMILES string of the molecule is O=C(O)/C=C/N1CCNC([N+](=O)[O-])C1. The van der Waals surface area contributed by atoms with Crippen molar-refractivity contribution in [1.29, 1.82) is 0 Å². The van der Waals surface area contributed by atoms with Crippen LogP contribution in [0.3, 0.4) is 0 Å². The normalized spacial score (nSPS) is 22.6. The highest BCUT2D eigenvalue weighted by Gasteiger charge is 2.25. The Hall–Kier alpha value is -1.63. The molecular weight excluding hydrogens is 190 g/mol. The zero-order chi connectivity index (χ0) is 10.6. The van der Waals surface area contributed by atoms with Crippen molar-refractivity contribution in [2.24, 2.45) is 0 Å². The number of aliphatic carboxylic acids is 1. The smallest absolute Gasteiger partial charge is 0.329 e. The van der Waals surface area contributed by atoms with Gasteiger partial charge in [-0.15, -0.1) is 0 Å². The molecular formula is C7H11N3O4. The third-order valence-electron chi connectivity index (χ3n) is 1.87. The predicted octanol–water partition coefficient (Wildman–Crippen LogP) is -0.907. The summed E-state index contributed by atoms with van der Waals surface area (Å²) in [5.41, 5.74) is 0.